The zero-order chi connectivity index (χ0) is 14.2. The lowest BCUT2D eigenvalue weighted by Crippen LogP contribution is -2.45. The molecule has 2 N–H and O–H groups in total. The number of nitrogens with one attached hydrogen (secondary N) is 2. The van der Waals surface area contributed by atoms with E-state index >= 15 is 0 Å². The molecule has 0 spiro atoms. The zero-order valence-electron chi connectivity index (χ0n) is 12.9. The first-order valence-corrected chi connectivity index (χ1v) is 8.83. The highest BCUT2D eigenvalue weighted by Crippen LogP contribution is 2.41. The highest BCUT2D eigenvalue weighted by molar-refractivity contribution is 5.75. The van der Waals surface area contributed by atoms with E-state index in [1.807, 2.05) is 0 Å². The third kappa shape index (κ3) is 2.78. The van der Waals surface area contributed by atoms with Gasteiger partial charge in [-0.3, -0.25) is 4.90 Å². The van der Waals surface area contributed by atoms with Crippen molar-refractivity contribution in [2.45, 2.75) is 44.2 Å². The van der Waals surface area contributed by atoms with Crippen molar-refractivity contribution in [2.75, 3.05) is 39.3 Å². The van der Waals surface area contributed by atoms with Crippen molar-refractivity contribution in [1.29, 1.82) is 0 Å². The van der Waals surface area contributed by atoms with Gasteiger partial charge in [-0.1, -0.05) is 12.8 Å². The third-order valence-corrected chi connectivity index (χ3v) is 6.04. The van der Waals surface area contributed by atoms with E-state index in [4.69, 9.17) is 0 Å². The fourth-order valence-corrected chi connectivity index (χ4v) is 4.64. The van der Waals surface area contributed by atoms with E-state index in [-0.39, 0.29) is 6.03 Å². The molecule has 0 radical (unpaired) electrons. The Morgan fingerprint density at radius 2 is 1.71 bits per heavy atom. The van der Waals surface area contributed by atoms with Crippen molar-refractivity contribution in [1.82, 2.24) is 20.4 Å². The van der Waals surface area contributed by atoms with Crippen LogP contribution in [0.3, 0.4) is 0 Å². The Kier molecular flexibility index (Phi) is 3.79. The van der Waals surface area contributed by atoms with Gasteiger partial charge < -0.3 is 15.5 Å². The topological polar surface area (TPSA) is 47.6 Å². The van der Waals surface area contributed by atoms with Gasteiger partial charge in [0.25, 0.3) is 0 Å². The Morgan fingerprint density at radius 3 is 2.48 bits per heavy atom. The standard InChI is InChI=1S/C16H28N4O/c21-16(18-15-13-10-17-11-14(13)15)20-7-3-6-19(8-9-20)12-4-1-2-5-12/h12-15,17H,1-11H2,(H,18,21). The maximum absolute atomic E-state index is 12.4. The number of nitrogens with zero attached hydrogens (tertiary/aromatic N) is 2. The summed E-state index contributed by atoms with van der Waals surface area (Å²) in [5.74, 6) is 1.41. The van der Waals surface area contributed by atoms with Gasteiger partial charge in [-0.05, 0) is 31.1 Å². The number of amides is 2. The number of piperidine rings is 1. The molecule has 2 heterocycles. The first-order valence-electron chi connectivity index (χ1n) is 8.83. The van der Waals surface area contributed by atoms with Crippen LogP contribution in [0.4, 0.5) is 4.79 Å². The summed E-state index contributed by atoms with van der Waals surface area (Å²) in [5, 5.41) is 6.65. The first kappa shape index (κ1) is 13.8. The maximum Gasteiger partial charge on any atom is 0.317 e. The second-order valence-electron chi connectivity index (χ2n) is 7.28. The summed E-state index contributed by atoms with van der Waals surface area (Å²) in [6.07, 6.45) is 6.64. The van der Waals surface area contributed by atoms with E-state index in [2.05, 4.69) is 20.4 Å². The average Bonchev–Trinajstić information content (AvgIpc) is 2.88. The summed E-state index contributed by atoms with van der Waals surface area (Å²) in [4.78, 5) is 17.1. The molecule has 0 aromatic rings. The molecule has 2 aliphatic heterocycles. The number of urea groups is 1. The Balaban J connectivity index is 1.27. The molecular weight excluding hydrogens is 264 g/mol. The van der Waals surface area contributed by atoms with Gasteiger partial charge in [-0.2, -0.15) is 0 Å². The maximum atomic E-state index is 12.4. The van der Waals surface area contributed by atoms with Crippen molar-refractivity contribution in [2.24, 2.45) is 11.8 Å². The Hall–Kier alpha value is -0.810. The summed E-state index contributed by atoms with van der Waals surface area (Å²) in [6, 6.07) is 1.43. The SMILES string of the molecule is O=C(NC1C2CNCC21)N1CCCN(C2CCCC2)CC1. The third-order valence-electron chi connectivity index (χ3n) is 6.04. The predicted octanol–water partition coefficient (Wildman–Crippen LogP) is 0.864. The summed E-state index contributed by atoms with van der Waals surface area (Å²) in [7, 11) is 0. The minimum absolute atomic E-state index is 0.183. The Morgan fingerprint density at radius 1 is 0.952 bits per heavy atom. The highest BCUT2D eigenvalue weighted by Gasteiger charge is 2.53. The van der Waals surface area contributed by atoms with Crippen molar-refractivity contribution in [3.05, 3.63) is 0 Å². The summed E-state index contributed by atoms with van der Waals surface area (Å²) >= 11 is 0. The van der Waals surface area contributed by atoms with E-state index in [0.717, 1.165) is 45.2 Å². The van der Waals surface area contributed by atoms with Crippen LogP contribution in [-0.4, -0.2) is 67.2 Å². The van der Waals surface area contributed by atoms with E-state index in [0.29, 0.717) is 17.9 Å². The monoisotopic (exact) mass is 292 g/mol. The van der Waals surface area contributed by atoms with Crippen LogP contribution in [0.25, 0.3) is 0 Å². The molecule has 2 saturated heterocycles. The number of rotatable bonds is 2. The lowest BCUT2D eigenvalue weighted by molar-refractivity contribution is 0.187. The fourth-order valence-electron chi connectivity index (χ4n) is 4.64. The molecule has 4 rings (SSSR count). The van der Waals surface area contributed by atoms with Crippen LogP contribution in [0, 0.1) is 11.8 Å². The molecule has 2 aliphatic carbocycles. The van der Waals surface area contributed by atoms with Crippen molar-refractivity contribution in [3.63, 3.8) is 0 Å². The minimum atomic E-state index is 0.183. The fraction of sp³-hybridized carbons (Fsp3) is 0.938. The van der Waals surface area contributed by atoms with Gasteiger partial charge in [0.15, 0.2) is 0 Å². The molecule has 0 aromatic carbocycles. The second-order valence-corrected chi connectivity index (χ2v) is 7.28. The highest BCUT2D eigenvalue weighted by atomic mass is 16.2. The van der Waals surface area contributed by atoms with Crippen LogP contribution in [0.1, 0.15) is 32.1 Å². The lowest BCUT2D eigenvalue weighted by atomic mass is 10.2. The van der Waals surface area contributed by atoms with Crippen molar-refractivity contribution in [3.8, 4) is 0 Å². The molecule has 2 atom stereocenters. The Bertz CT molecular complexity index is 386. The predicted molar refractivity (Wildman–Crippen MR) is 82.2 cm³/mol. The molecule has 4 aliphatic rings. The van der Waals surface area contributed by atoms with Gasteiger partial charge in [0.1, 0.15) is 0 Å². The van der Waals surface area contributed by atoms with E-state index in [1.165, 1.54) is 32.2 Å². The van der Waals surface area contributed by atoms with Crippen LogP contribution in [0.2, 0.25) is 0 Å². The molecule has 5 nitrogen and oxygen atoms in total. The smallest absolute Gasteiger partial charge is 0.317 e. The van der Waals surface area contributed by atoms with Gasteiger partial charge in [0, 0.05) is 51.4 Å². The molecule has 0 bridgehead atoms. The quantitative estimate of drug-likeness (QED) is 0.794. The minimum Gasteiger partial charge on any atom is -0.335 e. The number of fused-ring (bicyclic) bond motifs is 1. The molecule has 21 heavy (non-hydrogen) atoms. The number of carbonyl (C=O) groups excluding carboxylic acids is 1. The molecule has 2 unspecified atom stereocenters. The van der Waals surface area contributed by atoms with Gasteiger partial charge in [0.05, 0.1) is 0 Å². The lowest BCUT2D eigenvalue weighted by Gasteiger charge is -2.27. The number of carbonyl (C=O) groups is 1. The second kappa shape index (κ2) is 5.76. The first-order chi connectivity index (χ1) is 10.3. The van der Waals surface area contributed by atoms with Crippen LogP contribution < -0.4 is 10.6 Å². The zero-order valence-corrected chi connectivity index (χ0v) is 12.9. The normalized spacial score (nSPS) is 37.3. The molecule has 118 valence electrons. The van der Waals surface area contributed by atoms with E-state index in [1.54, 1.807) is 0 Å². The van der Waals surface area contributed by atoms with Crippen molar-refractivity contribution >= 4 is 6.03 Å². The van der Waals surface area contributed by atoms with Crippen LogP contribution >= 0.6 is 0 Å². The van der Waals surface area contributed by atoms with Gasteiger partial charge >= 0.3 is 6.03 Å². The molecule has 5 heteroatoms. The molecular formula is C16H28N4O. The largest absolute Gasteiger partial charge is 0.335 e. The van der Waals surface area contributed by atoms with E-state index in [9.17, 15) is 4.79 Å². The van der Waals surface area contributed by atoms with Crippen LogP contribution in [-0.2, 0) is 0 Å². The average molecular weight is 292 g/mol. The van der Waals surface area contributed by atoms with Crippen LogP contribution in [0.15, 0.2) is 0 Å². The summed E-state index contributed by atoms with van der Waals surface area (Å²) in [6.45, 7) is 6.25. The molecule has 2 amide bonds. The molecule has 2 saturated carbocycles. The molecule has 4 fully saturated rings. The van der Waals surface area contributed by atoms with Crippen LogP contribution in [0.5, 0.6) is 0 Å². The summed E-state index contributed by atoms with van der Waals surface area (Å²) in [5.41, 5.74) is 0. The Labute approximate surface area is 127 Å². The van der Waals surface area contributed by atoms with Crippen molar-refractivity contribution < 1.29 is 4.79 Å². The summed E-state index contributed by atoms with van der Waals surface area (Å²) < 4.78 is 0. The number of hydrogen-bond acceptors (Lipinski definition) is 3. The van der Waals surface area contributed by atoms with Gasteiger partial charge in [-0.25, -0.2) is 4.79 Å². The van der Waals surface area contributed by atoms with Gasteiger partial charge in [-0.15, -0.1) is 0 Å². The molecule has 0 aromatic heterocycles. The van der Waals surface area contributed by atoms with E-state index < -0.39 is 0 Å². The number of hydrogen-bond donors (Lipinski definition) is 2. The van der Waals surface area contributed by atoms with Gasteiger partial charge in [0.2, 0.25) is 0 Å².